The van der Waals surface area contributed by atoms with Gasteiger partial charge in [0.2, 0.25) is 0 Å². The Morgan fingerprint density at radius 2 is 0.782 bits per heavy atom. The van der Waals surface area contributed by atoms with E-state index in [-0.39, 0.29) is 0 Å². The molecule has 0 aliphatic rings. The van der Waals surface area contributed by atoms with E-state index in [0.717, 1.165) is 0 Å². The van der Waals surface area contributed by atoms with Crippen molar-refractivity contribution in [2.24, 2.45) is 0 Å². The third-order valence-electron chi connectivity index (χ3n) is 11.2. The van der Waals surface area contributed by atoms with Crippen LogP contribution in [0.3, 0.4) is 0 Å². The highest BCUT2D eigenvalue weighted by Gasteiger charge is 2.19. The lowest BCUT2D eigenvalue weighted by Gasteiger charge is -2.19. The average molecular weight is 715 g/mol. The van der Waals surface area contributed by atoms with Crippen molar-refractivity contribution in [3.63, 3.8) is 0 Å². The number of hydrogen-bond donors (Lipinski definition) is 0. The van der Waals surface area contributed by atoms with Gasteiger partial charge in [0.1, 0.15) is 0 Å². The minimum atomic E-state index is 1.20. The SMILES string of the molecule is c1ccc(-c2c3ccccc3c(-c3ccccc3)c3cc(-c4cc(-c5ccc6ccccc6c5)cc(-c5cccc6c5sc5ccccc56)c4)ccc23)cc1. The van der Waals surface area contributed by atoms with Crippen LogP contribution in [0.2, 0.25) is 0 Å². The third kappa shape index (κ3) is 5.35. The van der Waals surface area contributed by atoms with Crippen molar-refractivity contribution in [3.8, 4) is 55.6 Å². The van der Waals surface area contributed by atoms with E-state index in [1.165, 1.54) is 108 Å². The van der Waals surface area contributed by atoms with Gasteiger partial charge in [0.25, 0.3) is 0 Å². The fraction of sp³-hybridized carbons (Fsp3) is 0. The molecule has 55 heavy (non-hydrogen) atoms. The van der Waals surface area contributed by atoms with Gasteiger partial charge in [0, 0.05) is 20.2 Å². The molecule has 0 N–H and O–H groups in total. The first-order chi connectivity index (χ1) is 27.3. The average Bonchev–Trinajstić information content (AvgIpc) is 3.64. The number of thiophene rings is 1. The Morgan fingerprint density at radius 3 is 1.51 bits per heavy atom. The topological polar surface area (TPSA) is 0 Å². The van der Waals surface area contributed by atoms with Gasteiger partial charge in [-0.05, 0) is 124 Å². The zero-order chi connectivity index (χ0) is 36.3. The molecular weight excluding hydrogens is 681 g/mol. The van der Waals surface area contributed by atoms with Crippen LogP contribution in [0.15, 0.2) is 206 Å². The lowest BCUT2D eigenvalue weighted by molar-refractivity contribution is 1.60. The summed E-state index contributed by atoms with van der Waals surface area (Å²) in [6.45, 7) is 0. The van der Waals surface area contributed by atoms with Gasteiger partial charge in [-0.3, -0.25) is 0 Å². The predicted octanol–water partition coefficient (Wildman–Crippen LogP) is 15.8. The molecule has 0 bridgehead atoms. The summed E-state index contributed by atoms with van der Waals surface area (Å²) in [6.07, 6.45) is 0. The Balaban J connectivity index is 1.20. The molecule has 0 amide bonds. The maximum atomic E-state index is 2.44. The maximum absolute atomic E-state index is 2.44. The highest BCUT2D eigenvalue weighted by molar-refractivity contribution is 7.26. The van der Waals surface area contributed by atoms with Crippen molar-refractivity contribution in [2.45, 2.75) is 0 Å². The first-order valence-electron chi connectivity index (χ1n) is 18.9. The predicted molar refractivity (Wildman–Crippen MR) is 239 cm³/mol. The van der Waals surface area contributed by atoms with Gasteiger partial charge in [-0.1, -0.05) is 170 Å². The minimum absolute atomic E-state index is 1.20. The molecule has 0 saturated carbocycles. The van der Waals surface area contributed by atoms with Gasteiger partial charge in [0.15, 0.2) is 0 Å². The van der Waals surface area contributed by atoms with E-state index in [4.69, 9.17) is 0 Å². The Bertz CT molecular complexity index is 3240. The van der Waals surface area contributed by atoms with Crippen LogP contribution in [0.1, 0.15) is 0 Å². The summed E-state index contributed by atoms with van der Waals surface area (Å²) in [5.41, 5.74) is 12.3. The number of fused-ring (bicyclic) bond motifs is 6. The largest absolute Gasteiger partial charge is 0.135 e. The van der Waals surface area contributed by atoms with Crippen LogP contribution >= 0.6 is 11.3 Å². The van der Waals surface area contributed by atoms with Gasteiger partial charge in [0.05, 0.1) is 0 Å². The van der Waals surface area contributed by atoms with Crippen molar-refractivity contribution in [2.75, 3.05) is 0 Å². The van der Waals surface area contributed by atoms with Gasteiger partial charge in [-0.25, -0.2) is 0 Å². The van der Waals surface area contributed by atoms with E-state index in [2.05, 4.69) is 206 Å². The van der Waals surface area contributed by atoms with Crippen molar-refractivity contribution in [1.82, 2.24) is 0 Å². The normalized spacial score (nSPS) is 11.6. The first-order valence-corrected chi connectivity index (χ1v) is 19.7. The van der Waals surface area contributed by atoms with Crippen LogP contribution in [-0.4, -0.2) is 0 Å². The molecule has 0 aliphatic heterocycles. The molecule has 0 spiro atoms. The Hall–Kier alpha value is -6.80. The second-order valence-corrected chi connectivity index (χ2v) is 15.5. The van der Waals surface area contributed by atoms with Crippen LogP contribution in [0.5, 0.6) is 0 Å². The van der Waals surface area contributed by atoms with Crippen LogP contribution in [0, 0.1) is 0 Å². The fourth-order valence-corrected chi connectivity index (χ4v) is 9.89. The van der Waals surface area contributed by atoms with Crippen LogP contribution in [-0.2, 0) is 0 Å². The molecule has 1 heterocycles. The summed E-state index contributed by atoms with van der Waals surface area (Å²) < 4.78 is 2.65. The molecule has 0 atom stereocenters. The van der Waals surface area contributed by atoms with Crippen molar-refractivity contribution >= 4 is 63.8 Å². The molecule has 0 nitrogen and oxygen atoms in total. The van der Waals surface area contributed by atoms with E-state index in [9.17, 15) is 0 Å². The molecule has 1 aromatic heterocycles. The molecule has 0 unspecified atom stereocenters. The quantitative estimate of drug-likeness (QED) is 0.156. The second kappa shape index (κ2) is 13.0. The fourth-order valence-electron chi connectivity index (χ4n) is 8.65. The first kappa shape index (κ1) is 31.7. The highest BCUT2D eigenvalue weighted by atomic mass is 32.1. The number of benzene rings is 10. The molecular formula is C54H34S. The summed E-state index contributed by atoms with van der Waals surface area (Å²) >= 11 is 1.89. The zero-order valence-corrected chi connectivity index (χ0v) is 30.9. The minimum Gasteiger partial charge on any atom is -0.135 e. The summed E-state index contributed by atoms with van der Waals surface area (Å²) in [4.78, 5) is 0. The summed E-state index contributed by atoms with van der Waals surface area (Å²) in [6, 6.07) is 76.1. The standard InChI is InChI=1S/C54H34S/c1-3-15-36(16-4-1)52-46-21-9-10-22-47(46)53(37-17-5-2-6-18-37)50-34-40(28-29-48(50)52)42-31-41(39-27-26-35-14-7-8-19-38(35)30-39)32-43(33-42)44-23-13-24-49-45-20-11-12-25-51(45)55-54(44)49/h1-34H. The van der Waals surface area contributed by atoms with Crippen molar-refractivity contribution in [3.05, 3.63) is 206 Å². The molecule has 10 aromatic carbocycles. The van der Waals surface area contributed by atoms with E-state index in [1.807, 2.05) is 11.3 Å². The lowest BCUT2D eigenvalue weighted by Crippen LogP contribution is -1.92. The molecule has 11 aromatic rings. The van der Waals surface area contributed by atoms with Crippen LogP contribution in [0.4, 0.5) is 0 Å². The van der Waals surface area contributed by atoms with E-state index < -0.39 is 0 Å². The van der Waals surface area contributed by atoms with Crippen LogP contribution < -0.4 is 0 Å². The molecule has 1 heteroatoms. The van der Waals surface area contributed by atoms with E-state index >= 15 is 0 Å². The smallest absolute Gasteiger partial charge is 0.0433 e. The van der Waals surface area contributed by atoms with E-state index in [1.54, 1.807) is 0 Å². The summed E-state index contributed by atoms with van der Waals surface area (Å²) in [5.74, 6) is 0. The van der Waals surface area contributed by atoms with Crippen molar-refractivity contribution in [1.29, 1.82) is 0 Å². The molecule has 0 aliphatic carbocycles. The molecule has 11 rings (SSSR count). The number of rotatable bonds is 5. The van der Waals surface area contributed by atoms with E-state index in [0.29, 0.717) is 0 Å². The van der Waals surface area contributed by atoms with Gasteiger partial charge < -0.3 is 0 Å². The molecule has 0 radical (unpaired) electrons. The number of hydrogen-bond acceptors (Lipinski definition) is 1. The van der Waals surface area contributed by atoms with Crippen molar-refractivity contribution < 1.29 is 0 Å². The monoisotopic (exact) mass is 714 g/mol. The third-order valence-corrected chi connectivity index (χ3v) is 12.4. The Kier molecular flexibility index (Phi) is 7.46. The molecule has 0 fully saturated rings. The zero-order valence-electron chi connectivity index (χ0n) is 30.0. The van der Waals surface area contributed by atoms with Gasteiger partial charge in [-0.2, -0.15) is 0 Å². The molecule has 0 saturated heterocycles. The lowest BCUT2D eigenvalue weighted by atomic mass is 9.84. The summed E-state index contributed by atoms with van der Waals surface area (Å²) in [7, 11) is 0. The Morgan fingerprint density at radius 1 is 0.255 bits per heavy atom. The Labute approximate surface area is 324 Å². The summed E-state index contributed by atoms with van der Waals surface area (Å²) in [5, 5.41) is 10.2. The van der Waals surface area contributed by atoms with Gasteiger partial charge in [-0.15, -0.1) is 11.3 Å². The molecule has 256 valence electrons. The second-order valence-electron chi connectivity index (χ2n) is 14.4. The van der Waals surface area contributed by atoms with Crippen LogP contribution in [0.25, 0.3) is 108 Å². The van der Waals surface area contributed by atoms with Gasteiger partial charge >= 0.3 is 0 Å². The highest BCUT2D eigenvalue weighted by Crippen LogP contribution is 2.46. The maximum Gasteiger partial charge on any atom is 0.0433 e.